The van der Waals surface area contributed by atoms with Crippen LogP contribution in [0.1, 0.15) is 26.7 Å². The summed E-state index contributed by atoms with van der Waals surface area (Å²) < 4.78 is 0. The van der Waals surface area contributed by atoms with Gasteiger partial charge in [-0.25, -0.2) is 0 Å². The predicted molar refractivity (Wildman–Crippen MR) is 47.5 cm³/mol. The minimum atomic E-state index is 0.863. The molecule has 0 aliphatic carbocycles. The molecular weight excluding hydrogens is 121 g/mol. The number of nitrogens with zero attached hydrogens (tertiary/aromatic N) is 1. The van der Waals surface area contributed by atoms with Gasteiger partial charge in [0.2, 0.25) is 6.85 Å². The molecule has 1 nitrogen and oxygen atoms in total. The van der Waals surface area contributed by atoms with E-state index in [0.717, 1.165) is 12.9 Å². The zero-order valence-electron chi connectivity index (χ0n) is 7.43. The SMILES string of the molecule is CCCC1CB(C)N1CC. The standard InChI is InChI=1S/C8H18BN/c1-4-6-8-7-9(3)10(8)5-2/h8H,4-7H2,1-3H3. The van der Waals surface area contributed by atoms with E-state index in [9.17, 15) is 0 Å². The monoisotopic (exact) mass is 139 g/mol. The fourth-order valence-electron chi connectivity index (χ4n) is 2.07. The Balaban J connectivity index is 2.23. The molecule has 58 valence electrons. The molecule has 1 unspecified atom stereocenters. The molecule has 0 bridgehead atoms. The number of hydrogen-bond acceptors (Lipinski definition) is 1. The van der Waals surface area contributed by atoms with Gasteiger partial charge in [-0.2, -0.15) is 0 Å². The molecule has 1 heterocycles. The Morgan fingerprint density at radius 2 is 2.20 bits per heavy atom. The van der Waals surface area contributed by atoms with E-state index in [0.29, 0.717) is 0 Å². The van der Waals surface area contributed by atoms with Crippen molar-refractivity contribution in [3.8, 4) is 0 Å². The van der Waals surface area contributed by atoms with Gasteiger partial charge in [0.15, 0.2) is 0 Å². The Kier molecular flexibility index (Phi) is 2.78. The highest BCUT2D eigenvalue weighted by Crippen LogP contribution is 2.26. The fraction of sp³-hybridized carbons (Fsp3) is 1.00. The Bertz CT molecular complexity index is 103. The second-order valence-electron chi connectivity index (χ2n) is 3.36. The van der Waals surface area contributed by atoms with Gasteiger partial charge in [0, 0.05) is 0 Å². The van der Waals surface area contributed by atoms with Gasteiger partial charge in [0.25, 0.3) is 0 Å². The molecule has 0 N–H and O–H groups in total. The average molecular weight is 139 g/mol. The van der Waals surface area contributed by atoms with Gasteiger partial charge in [-0.15, -0.1) is 0 Å². The van der Waals surface area contributed by atoms with Crippen molar-refractivity contribution in [2.45, 2.75) is 45.9 Å². The largest absolute Gasteiger partial charge is 0.340 e. The van der Waals surface area contributed by atoms with Crippen molar-refractivity contribution in [1.29, 1.82) is 0 Å². The van der Waals surface area contributed by atoms with Crippen molar-refractivity contribution in [1.82, 2.24) is 4.81 Å². The highest BCUT2D eigenvalue weighted by atomic mass is 15.1. The van der Waals surface area contributed by atoms with Gasteiger partial charge in [-0.1, -0.05) is 27.1 Å². The van der Waals surface area contributed by atoms with Gasteiger partial charge < -0.3 is 4.81 Å². The third-order valence-corrected chi connectivity index (χ3v) is 2.64. The quantitative estimate of drug-likeness (QED) is 0.541. The summed E-state index contributed by atoms with van der Waals surface area (Å²) in [5.74, 6) is 0. The van der Waals surface area contributed by atoms with Gasteiger partial charge in [0.1, 0.15) is 0 Å². The summed E-state index contributed by atoms with van der Waals surface area (Å²) in [7, 11) is 0. The first-order chi connectivity index (χ1) is 4.79. The van der Waals surface area contributed by atoms with E-state index in [1.54, 1.807) is 0 Å². The van der Waals surface area contributed by atoms with Crippen LogP contribution in [0.2, 0.25) is 13.1 Å². The van der Waals surface area contributed by atoms with Gasteiger partial charge >= 0.3 is 0 Å². The average Bonchev–Trinajstić information content (AvgIpc) is 1.88. The summed E-state index contributed by atoms with van der Waals surface area (Å²) in [4.78, 5) is 2.60. The second kappa shape index (κ2) is 3.43. The smallest absolute Gasteiger partial charge is 0.221 e. The fourth-order valence-corrected chi connectivity index (χ4v) is 2.07. The van der Waals surface area contributed by atoms with E-state index in [1.165, 1.54) is 25.7 Å². The Labute approximate surface area is 64.9 Å². The van der Waals surface area contributed by atoms with Crippen LogP contribution >= 0.6 is 0 Å². The van der Waals surface area contributed by atoms with Crippen molar-refractivity contribution in [3.05, 3.63) is 0 Å². The van der Waals surface area contributed by atoms with Crippen molar-refractivity contribution < 1.29 is 0 Å². The number of rotatable bonds is 3. The molecule has 1 aliphatic heterocycles. The van der Waals surface area contributed by atoms with Crippen LogP contribution in [-0.2, 0) is 0 Å². The lowest BCUT2D eigenvalue weighted by Gasteiger charge is -2.45. The topological polar surface area (TPSA) is 3.24 Å². The van der Waals surface area contributed by atoms with Crippen molar-refractivity contribution >= 4 is 6.85 Å². The molecule has 0 aromatic carbocycles. The van der Waals surface area contributed by atoms with Crippen LogP contribution in [0.25, 0.3) is 0 Å². The Morgan fingerprint density at radius 3 is 2.60 bits per heavy atom. The van der Waals surface area contributed by atoms with Crippen LogP contribution in [0.15, 0.2) is 0 Å². The third-order valence-electron chi connectivity index (χ3n) is 2.64. The van der Waals surface area contributed by atoms with Crippen LogP contribution in [0, 0.1) is 0 Å². The van der Waals surface area contributed by atoms with E-state index < -0.39 is 0 Å². The van der Waals surface area contributed by atoms with Crippen LogP contribution < -0.4 is 0 Å². The summed E-state index contributed by atoms with van der Waals surface area (Å²) in [5, 5.41) is 0. The minimum Gasteiger partial charge on any atom is -0.340 e. The maximum atomic E-state index is 2.60. The lowest BCUT2D eigenvalue weighted by molar-refractivity contribution is 0.281. The molecule has 0 radical (unpaired) electrons. The lowest BCUT2D eigenvalue weighted by atomic mass is 9.48. The summed E-state index contributed by atoms with van der Waals surface area (Å²) >= 11 is 0. The molecule has 0 aromatic heterocycles. The van der Waals surface area contributed by atoms with Crippen LogP contribution in [0.3, 0.4) is 0 Å². The molecule has 1 atom stereocenters. The highest BCUT2D eigenvalue weighted by molar-refractivity contribution is 6.57. The molecular formula is C8H18BN. The normalized spacial score (nSPS) is 26.7. The first-order valence-electron chi connectivity index (χ1n) is 4.55. The summed E-state index contributed by atoms with van der Waals surface area (Å²) in [6, 6.07) is 0.921. The molecule has 0 spiro atoms. The molecule has 1 rings (SSSR count). The second-order valence-corrected chi connectivity index (χ2v) is 3.36. The van der Waals surface area contributed by atoms with E-state index in [1.807, 2.05) is 0 Å². The van der Waals surface area contributed by atoms with Gasteiger partial charge in [0.05, 0.1) is 0 Å². The van der Waals surface area contributed by atoms with Crippen LogP contribution in [-0.4, -0.2) is 24.2 Å². The zero-order chi connectivity index (χ0) is 7.56. The van der Waals surface area contributed by atoms with E-state index >= 15 is 0 Å². The summed E-state index contributed by atoms with van der Waals surface area (Å²) in [6.07, 6.45) is 4.17. The molecule has 1 fully saturated rings. The van der Waals surface area contributed by atoms with Gasteiger partial charge in [-0.05, 0) is 25.3 Å². The number of hydrogen-bond donors (Lipinski definition) is 0. The molecule has 1 saturated heterocycles. The van der Waals surface area contributed by atoms with E-state index in [2.05, 4.69) is 25.5 Å². The molecule has 0 saturated carbocycles. The maximum Gasteiger partial charge on any atom is 0.221 e. The zero-order valence-corrected chi connectivity index (χ0v) is 7.43. The third kappa shape index (κ3) is 1.37. The predicted octanol–water partition coefficient (Wildman–Crippen LogP) is 2.11. The van der Waals surface area contributed by atoms with E-state index in [4.69, 9.17) is 0 Å². The summed E-state index contributed by atoms with van der Waals surface area (Å²) in [5.41, 5.74) is 0. The molecule has 1 aliphatic rings. The lowest BCUT2D eigenvalue weighted by Crippen LogP contribution is -2.56. The molecule has 0 aromatic rings. The highest BCUT2D eigenvalue weighted by Gasteiger charge is 2.35. The van der Waals surface area contributed by atoms with Crippen LogP contribution in [0.5, 0.6) is 0 Å². The minimum absolute atomic E-state index is 0.863. The molecule has 10 heavy (non-hydrogen) atoms. The van der Waals surface area contributed by atoms with Gasteiger partial charge in [-0.3, -0.25) is 0 Å². The molecule has 2 heteroatoms. The van der Waals surface area contributed by atoms with Crippen LogP contribution in [0.4, 0.5) is 0 Å². The Hall–Kier alpha value is 0.0249. The first-order valence-corrected chi connectivity index (χ1v) is 4.55. The Morgan fingerprint density at radius 1 is 1.50 bits per heavy atom. The van der Waals surface area contributed by atoms with Crippen molar-refractivity contribution in [3.63, 3.8) is 0 Å². The first kappa shape index (κ1) is 8.12. The van der Waals surface area contributed by atoms with E-state index in [-0.39, 0.29) is 0 Å². The van der Waals surface area contributed by atoms with Crippen molar-refractivity contribution in [2.24, 2.45) is 0 Å². The van der Waals surface area contributed by atoms with Crippen molar-refractivity contribution in [2.75, 3.05) is 6.54 Å². The molecule has 0 amide bonds. The summed E-state index contributed by atoms with van der Waals surface area (Å²) in [6.45, 7) is 8.97. The maximum absolute atomic E-state index is 2.60.